The van der Waals surface area contributed by atoms with Crippen molar-refractivity contribution in [2.24, 2.45) is 0 Å². The normalized spacial score (nSPS) is 10.5. The van der Waals surface area contributed by atoms with Crippen molar-refractivity contribution in [3.8, 4) is 0 Å². The quantitative estimate of drug-likeness (QED) is 0.298. The minimum absolute atomic E-state index is 0.324. The highest BCUT2D eigenvalue weighted by molar-refractivity contribution is 5.85. The van der Waals surface area contributed by atoms with E-state index in [9.17, 15) is 9.59 Å². The summed E-state index contributed by atoms with van der Waals surface area (Å²) in [5, 5.41) is 17.1. The number of rotatable bonds is 16. The van der Waals surface area contributed by atoms with Crippen LogP contribution in [0.1, 0.15) is 65.2 Å². The van der Waals surface area contributed by atoms with Crippen LogP contribution < -0.4 is 0 Å². The van der Waals surface area contributed by atoms with E-state index in [0.717, 1.165) is 64.7 Å². The molecule has 0 atom stereocenters. The molecule has 0 aliphatic rings. The Bertz CT molecular complexity index is 457. The van der Waals surface area contributed by atoms with Gasteiger partial charge in [-0.15, -0.1) is 0 Å². The Hall–Kier alpha value is -1.66. The van der Waals surface area contributed by atoms with E-state index in [-0.39, 0.29) is 0 Å². The summed E-state index contributed by atoms with van der Waals surface area (Å²) in [7, 11) is 4.08. The van der Waals surface area contributed by atoms with E-state index in [1.807, 2.05) is 14.1 Å². The largest absolute Gasteiger partial charge is 0.478 e. The van der Waals surface area contributed by atoms with Gasteiger partial charge in [0.2, 0.25) is 0 Å². The summed E-state index contributed by atoms with van der Waals surface area (Å²) in [5.74, 6) is -1.73. The summed E-state index contributed by atoms with van der Waals surface area (Å²) < 4.78 is 0. The monoisotopic (exact) mass is 398 g/mol. The summed E-state index contributed by atoms with van der Waals surface area (Å²) in [6.07, 6.45) is 7.53. The lowest BCUT2D eigenvalue weighted by Gasteiger charge is -2.17. The Morgan fingerprint density at radius 1 is 0.714 bits per heavy atom. The van der Waals surface area contributed by atoms with Crippen LogP contribution in [0.2, 0.25) is 0 Å². The van der Waals surface area contributed by atoms with E-state index in [1.54, 1.807) is 0 Å². The molecule has 6 heteroatoms. The second-order valence-corrected chi connectivity index (χ2v) is 7.27. The van der Waals surface area contributed by atoms with Gasteiger partial charge >= 0.3 is 11.9 Å². The number of carbonyl (C=O) groups is 2. The zero-order valence-electron chi connectivity index (χ0n) is 18.5. The number of carboxylic acids is 2. The van der Waals surface area contributed by atoms with Gasteiger partial charge in [-0.05, 0) is 78.8 Å². The predicted octanol–water partition coefficient (Wildman–Crippen LogP) is 4.28. The molecule has 0 aromatic heterocycles. The van der Waals surface area contributed by atoms with Gasteiger partial charge in [0.1, 0.15) is 0 Å². The summed E-state index contributed by atoms with van der Waals surface area (Å²) >= 11 is 0. The van der Waals surface area contributed by atoms with Crippen molar-refractivity contribution in [1.82, 2.24) is 9.80 Å². The fourth-order valence-electron chi connectivity index (χ4n) is 2.55. The first kappa shape index (κ1) is 28.5. The van der Waals surface area contributed by atoms with Crippen LogP contribution in [-0.2, 0) is 9.59 Å². The van der Waals surface area contributed by atoms with Gasteiger partial charge in [0, 0.05) is 11.1 Å². The highest BCUT2D eigenvalue weighted by Crippen LogP contribution is 2.08. The van der Waals surface area contributed by atoms with E-state index >= 15 is 0 Å². The topological polar surface area (TPSA) is 81.1 Å². The minimum Gasteiger partial charge on any atom is -0.478 e. The molecule has 0 spiro atoms. The van der Waals surface area contributed by atoms with Crippen molar-refractivity contribution in [2.75, 3.05) is 40.3 Å². The van der Waals surface area contributed by atoms with Crippen LogP contribution in [0, 0.1) is 0 Å². The van der Waals surface area contributed by atoms with E-state index < -0.39 is 11.9 Å². The molecule has 28 heavy (non-hydrogen) atoms. The molecule has 0 aromatic carbocycles. The first-order valence-corrected chi connectivity index (χ1v) is 10.3. The Labute approximate surface area is 171 Å². The first-order valence-electron chi connectivity index (χ1n) is 10.3. The van der Waals surface area contributed by atoms with Gasteiger partial charge in [-0.2, -0.15) is 0 Å². The molecule has 164 valence electrons. The zero-order valence-corrected chi connectivity index (χ0v) is 18.5. The molecule has 0 aliphatic heterocycles. The van der Waals surface area contributed by atoms with Gasteiger partial charge < -0.3 is 20.0 Å². The van der Waals surface area contributed by atoms with E-state index in [1.165, 1.54) is 0 Å². The van der Waals surface area contributed by atoms with Crippen LogP contribution in [0.15, 0.2) is 24.3 Å². The molecule has 0 rings (SSSR count). The molecule has 0 saturated heterocycles. The van der Waals surface area contributed by atoms with Crippen molar-refractivity contribution < 1.29 is 19.8 Å². The Balaban J connectivity index is 0. The molecule has 0 radical (unpaired) electrons. The third-order valence-electron chi connectivity index (χ3n) is 4.54. The fourth-order valence-corrected chi connectivity index (χ4v) is 2.55. The van der Waals surface area contributed by atoms with Gasteiger partial charge in [0.25, 0.3) is 0 Å². The molecule has 0 aromatic rings. The molecule has 0 fully saturated rings. The number of aliphatic carboxylic acids is 2. The number of carboxylic acid groups (broad SMARTS) is 2. The van der Waals surface area contributed by atoms with Crippen molar-refractivity contribution in [2.45, 2.75) is 65.2 Å². The summed E-state index contributed by atoms with van der Waals surface area (Å²) in [5.41, 5.74) is 0.655. The molecule has 0 heterocycles. The summed E-state index contributed by atoms with van der Waals surface area (Å²) in [4.78, 5) is 25.3. The van der Waals surface area contributed by atoms with Gasteiger partial charge in [-0.1, -0.05) is 39.8 Å². The second kappa shape index (κ2) is 18.7. The Morgan fingerprint density at radius 3 is 1.43 bits per heavy atom. The van der Waals surface area contributed by atoms with E-state index in [4.69, 9.17) is 10.2 Å². The van der Waals surface area contributed by atoms with Crippen LogP contribution in [0.25, 0.3) is 0 Å². The summed E-state index contributed by atoms with van der Waals surface area (Å²) in [6.45, 7) is 15.7. The molecule has 0 unspecified atom stereocenters. The fraction of sp³-hybridized carbons (Fsp3) is 0.727. The third-order valence-corrected chi connectivity index (χ3v) is 4.54. The van der Waals surface area contributed by atoms with Gasteiger partial charge in [-0.3, -0.25) is 0 Å². The van der Waals surface area contributed by atoms with Crippen LogP contribution in [-0.4, -0.2) is 72.2 Å². The highest BCUT2D eigenvalue weighted by Gasteiger charge is 2.04. The van der Waals surface area contributed by atoms with E-state index in [0.29, 0.717) is 24.0 Å². The number of unbranched alkanes of at least 4 members (excludes halogenated alkanes) is 4. The molecule has 2 N–H and O–H groups in total. The zero-order chi connectivity index (χ0) is 21.9. The molecule has 0 aliphatic carbocycles. The lowest BCUT2D eigenvalue weighted by molar-refractivity contribution is -0.133. The molecule has 0 amide bonds. The first-order chi connectivity index (χ1) is 13.1. The second-order valence-electron chi connectivity index (χ2n) is 7.27. The molecule has 6 nitrogen and oxygen atoms in total. The van der Waals surface area contributed by atoms with Crippen molar-refractivity contribution in [3.63, 3.8) is 0 Å². The van der Waals surface area contributed by atoms with E-state index in [2.05, 4.69) is 36.8 Å². The lowest BCUT2D eigenvalue weighted by Crippen LogP contribution is -2.23. The maximum absolute atomic E-state index is 10.5. The van der Waals surface area contributed by atoms with Crippen LogP contribution in [0.5, 0.6) is 0 Å². The Kier molecular flexibility index (Phi) is 19.1. The SMILES string of the molecule is C=C(CCCCCN(C)C)C(=O)O.C=C(CCCCCN(CC)CC)C(=O)O. The van der Waals surface area contributed by atoms with Gasteiger partial charge in [-0.25, -0.2) is 9.59 Å². The molecular formula is C22H42N2O4. The third kappa shape index (κ3) is 19.1. The van der Waals surface area contributed by atoms with Crippen molar-refractivity contribution >= 4 is 11.9 Å². The average Bonchev–Trinajstić information content (AvgIpc) is 2.64. The smallest absolute Gasteiger partial charge is 0.330 e. The van der Waals surface area contributed by atoms with Crippen molar-refractivity contribution in [1.29, 1.82) is 0 Å². The average molecular weight is 399 g/mol. The number of hydrogen-bond donors (Lipinski definition) is 2. The van der Waals surface area contributed by atoms with Crippen LogP contribution >= 0.6 is 0 Å². The minimum atomic E-state index is -0.868. The maximum Gasteiger partial charge on any atom is 0.330 e. The molecular weight excluding hydrogens is 356 g/mol. The number of hydrogen-bond acceptors (Lipinski definition) is 4. The standard InChI is InChI=1S/C12H23NO2.C10H19NO2/c1-4-13(5-2)10-8-6-7-9-11(3)12(14)15;1-9(10(12)13)7-5-4-6-8-11(2)3/h3-10H2,1-2H3,(H,14,15);1,4-8H2,2-3H3,(H,12,13). The van der Waals surface area contributed by atoms with Crippen LogP contribution in [0.3, 0.4) is 0 Å². The summed E-state index contributed by atoms with van der Waals surface area (Å²) in [6, 6.07) is 0. The molecule has 0 saturated carbocycles. The van der Waals surface area contributed by atoms with Crippen LogP contribution in [0.4, 0.5) is 0 Å². The van der Waals surface area contributed by atoms with Crippen molar-refractivity contribution in [3.05, 3.63) is 24.3 Å². The lowest BCUT2D eigenvalue weighted by atomic mass is 10.1. The molecule has 0 bridgehead atoms. The number of nitrogens with zero attached hydrogens (tertiary/aromatic N) is 2. The van der Waals surface area contributed by atoms with Gasteiger partial charge in [0.05, 0.1) is 0 Å². The highest BCUT2D eigenvalue weighted by atomic mass is 16.4. The Morgan fingerprint density at radius 2 is 1.11 bits per heavy atom. The maximum atomic E-state index is 10.5. The van der Waals surface area contributed by atoms with Gasteiger partial charge in [0.15, 0.2) is 0 Å². The predicted molar refractivity (Wildman–Crippen MR) is 117 cm³/mol.